The molecule has 0 bridgehead atoms. The number of hydrogen-bond donors (Lipinski definition) is 0. The van der Waals surface area contributed by atoms with Gasteiger partial charge in [0.1, 0.15) is 0 Å². The Bertz CT molecular complexity index is 1280. The van der Waals surface area contributed by atoms with Gasteiger partial charge in [-0.2, -0.15) is 0 Å². The summed E-state index contributed by atoms with van der Waals surface area (Å²) in [5.41, 5.74) is 3.34. The van der Waals surface area contributed by atoms with Crippen molar-refractivity contribution in [2.45, 2.75) is 82.8 Å². The second-order valence-corrected chi connectivity index (χ2v) is 14.1. The molecule has 6 rings (SSSR count). The molecule has 6 heteroatoms. The predicted molar refractivity (Wildman–Crippen MR) is 138 cm³/mol. The molecule has 36 heavy (non-hydrogen) atoms. The maximum atomic E-state index is 13.6. The smallest absolute Gasteiger partial charge is 0.282 e. The van der Waals surface area contributed by atoms with Gasteiger partial charge in [0.25, 0.3) is 5.03 Å². The van der Waals surface area contributed by atoms with Gasteiger partial charge in [0, 0.05) is 12.8 Å². The van der Waals surface area contributed by atoms with Crippen LogP contribution in [0, 0.1) is 42.1 Å². The topological polar surface area (TPSA) is 57.0 Å². The van der Waals surface area contributed by atoms with Crippen molar-refractivity contribution in [3.05, 3.63) is 63.5 Å². The first-order chi connectivity index (χ1) is 17.1. The van der Waals surface area contributed by atoms with Crippen LogP contribution in [0.4, 0.5) is 0 Å². The van der Waals surface area contributed by atoms with E-state index in [4.69, 9.17) is 16.0 Å². The van der Waals surface area contributed by atoms with Crippen molar-refractivity contribution in [1.82, 2.24) is 0 Å². The van der Waals surface area contributed by atoms with E-state index in [1.165, 1.54) is 5.57 Å². The Hall–Kier alpha value is -1.94. The minimum absolute atomic E-state index is 0.0109. The first-order valence-electron chi connectivity index (χ1n) is 13.5. The Labute approximate surface area is 215 Å². The lowest BCUT2D eigenvalue weighted by Crippen LogP contribution is -2.51. The lowest BCUT2D eigenvalue weighted by molar-refractivity contribution is -0.184. The van der Waals surface area contributed by atoms with E-state index in [0.29, 0.717) is 37.4 Å². The molecule has 0 aromatic heterocycles. The highest BCUT2D eigenvalue weighted by molar-refractivity contribution is 7.95. The highest BCUT2D eigenvalue weighted by atomic mass is 32.2. The molecule has 0 amide bonds. The zero-order chi connectivity index (χ0) is 25.3. The molecule has 1 spiro atoms. The molecule has 1 aliphatic heterocycles. The molecule has 1 aromatic rings. The molecule has 3 saturated carbocycles. The minimum Gasteiger partial charge on any atom is -0.347 e. The predicted octanol–water partition coefficient (Wildman–Crippen LogP) is 6.61. The molecule has 4 aliphatic carbocycles. The Balaban J connectivity index is 1.34. The molecular weight excluding hydrogens is 470 g/mol. The molecule has 1 aromatic carbocycles. The molecule has 0 unspecified atom stereocenters. The van der Waals surface area contributed by atoms with Gasteiger partial charge in [-0.1, -0.05) is 43.2 Å². The van der Waals surface area contributed by atoms with E-state index < -0.39 is 15.6 Å². The van der Waals surface area contributed by atoms with Crippen molar-refractivity contribution >= 4 is 9.84 Å². The van der Waals surface area contributed by atoms with E-state index in [1.807, 2.05) is 19.1 Å². The van der Waals surface area contributed by atoms with Gasteiger partial charge in [0.15, 0.2) is 5.79 Å². The van der Waals surface area contributed by atoms with Crippen molar-refractivity contribution in [2.24, 2.45) is 28.6 Å². The number of nitrogens with zero attached hydrogens (tertiary/aromatic N) is 1. The molecule has 1 heterocycles. The van der Waals surface area contributed by atoms with E-state index in [-0.39, 0.29) is 20.8 Å². The SMILES string of the molecule is [C-]#[N+]C(=C1CC[C@H]2[C@@H]3CC=C4CC5(CC[C@]4(C)[C@H]3CC[C@]12C)OCCO5)S(=O)(=O)c1ccc(C)cc1. The normalized spacial score (nSPS) is 38.5. The van der Waals surface area contributed by atoms with Gasteiger partial charge >= 0.3 is 0 Å². The summed E-state index contributed by atoms with van der Waals surface area (Å²) in [6, 6.07) is 6.91. The van der Waals surface area contributed by atoms with Gasteiger partial charge in [-0.3, -0.25) is 0 Å². The number of hydrogen-bond acceptors (Lipinski definition) is 4. The molecule has 5 aliphatic rings. The number of allylic oxidation sites excluding steroid dienone is 2. The largest absolute Gasteiger partial charge is 0.347 e. The van der Waals surface area contributed by atoms with Gasteiger partial charge in [-0.05, 0) is 91.7 Å². The first-order valence-corrected chi connectivity index (χ1v) is 15.0. The number of aryl methyl sites for hydroxylation is 1. The fourth-order valence-corrected chi connectivity index (χ4v) is 10.1. The van der Waals surface area contributed by atoms with Crippen LogP contribution in [-0.4, -0.2) is 27.4 Å². The third-order valence-corrected chi connectivity index (χ3v) is 12.4. The molecule has 0 N–H and O–H groups in total. The van der Waals surface area contributed by atoms with Gasteiger partial charge < -0.3 is 9.47 Å². The Morgan fingerprint density at radius 2 is 1.69 bits per heavy atom. The van der Waals surface area contributed by atoms with Crippen LogP contribution in [0.25, 0.3) is 4.85 Å². The zero-order valence-electron chi connectivity index (χ0n) is 21.7. The standard InChI is InChI=1S/C30H37NO4S/c1-20-5-8-22(9-6-20)36(32,33)27(31-4)26-12-11-24-23-10-7-21-19-30(34-17-18-35-30)16-15-28(21,2)25(23)13-14-29(24,26)3/h5-9,23-25H,10-19H2,1-3H3/t23-,24-,25-,28-,29-/m0/s1. The third-order valence-electron chi connectivity index (χ3n) is 10.7. The average Bonchev–Trinajstić information content (AvgIpc) is 3.45. The summed E-state index contributed by atoms with van der Waals surface area (Å²) in [6.45, 7) is 16.0. The van der Waals surface area contributed by atoms with Crippen LogP contribution < -0.4 is 0 Å². The van der Waals surface area contributed by atoms with Gasteiger partial charge in [-0.25, -0.2) is 13.3 Å². The Morgan fingerprint density at radius 3 is 2.39 bits per heavy atom. The van der Waals surface area contributed by atoms with Crippen LogP contribution in [0.2, 0.25) is 0 Å². The highest BCUT2D eigenvalue weighted by Crippen LogP contribution is 2.67. The number of ether oxygens (including phenoxy) is 2. The number of sulfone groups is 1. The van der Waals surface area contributed by atoms with Gasteiger partial charge in [0.05, 0.1) is 24.7 Å². The van der Waals surface area contributed by atoms with Gasteiger partial charge in [0.2, 0.25) is 9.84 Å². The quantitative estimate of drug-likeness (QED) is 0.334. The van der Waals surface area contributed by atoms with E-state index >= 15 is 0 Å². The summed E-state index contributed by atoms with van der Waals surface area (Å²) < 4.78 is 39.4. The summed E-state index contributed by atoms with van der Waals surface area (Å²) >= 11 is 0. The van der Waals surface area contributed by atoms with E-state index in [9.17, 15) is 8.42 Å². The second kappa shape index (κ2) is 8.28. The summed E-state index contributed by atoms with van der Waals surface area (Å²) in [5.74, 6) is 1.14. The maximum Gasteiger partial charge on any atom is 0.282 e. The minimum atomic E-state index is -3.83. The fourth-order valence-electron chi connectivity index (χ4n) is 8.63. The molecule has 4 fully saturated rings. The van der Waals surface area contributed by atoms with Crippen molar-refractivity contribution < 1.29 is 17.9 Å². The van der Waals surface area contributed by atoms with E-state index in [1.54, 1.807) is 12.1 Å². The van der Waals surface area contributed by atoms with Crippen LogP contribution in [0.5, 0.6) is 0 Å². The number of benzene rings is 1. The average molecular weight is 508 g/mol. The van der Waals surface area contributed by atoms with Crippen LogP contribution >= 0.6 is 0 Å². The maximum absolute atomic E-state index is 13.6. The van der Waals surface area contributed by atoms with Crippen molar-refractivity contribution in [2.75, 3.05) is 13.2 Å². The van der Waals surface area contributed by atoms with Crippen molar-refractivity contribution in [1.29, 1.82) is 0 Å². The molecule has 5 atom stereocenters. The zero-order valence-corrected chi connectivity index (χ0v) is 22.5. The van der Waals surface area contributed by atoms with Crippen molar-refractivity contribution in [3.8, 4) is 0 Å². The number of rotatable bonds is 2. The van der Waals surface area contributed by atoms with Crippen LogP contribution in [0.15, 0.2) is 51.4 Å². The summed E-state index contributed by atoms with van der Waals surface area (Å²) in [6.07, 6.45) is 10.2. The molecule has 0 radical (unpaired) electrons. The first kappa shape index (κ1) is 24.4. The van der Waals surface area contributed by atoms with Gasteiger partial charge in [-0.15, -0.1) is 0 Å². The van der Waals surface area contributed by atoms with E-state index in [2.05, 4.69) is 24.8 Å². The lowest BCUT2D eigenvalue weighted by Gasteiger charge is -2.58. The van der Waals surface area contributed by atoms with Crippen LogP contribution in [-0.2, 0) is 19.3 Å². The molecule has 1 saturated heterocycles. The summed E-state index contributed by atoms with van der Waals surface area (Å²) in [7, 11) is -3.83. The monoisotopic (exact) mass is 507 g/mol. The highest BCUT2D eigenvalue weighted by Gasteiger charge is 2.60. The Kier molecular flexibility index (Phi) is 5.61. The lowest BCUT2D eigenvalue weighted by atomic mass is 9.47. The fraction of sp³-hybridized carbons (Fsp3) is 0.633. The summed E-state index contributed by atoms with van der Waals surface area (Å²) in [5, 5.41) is -0.0109. The molecule has 192 valence electrons. The van der Waals surface area contributed by atoms with E-state index in [0.717, 1.165) is 56.1 Å². The third kappa shape index (κ3) is 3.42. The Morgan fingerprint density at radius 1 is 1.00 bits per heavy atom. The number of fused-ring (bicyclic) bond motifs is 5. The van der Waals surface area contributed by atoms with Crippen molar-refractivity contribution in [3.63, 3.8) is 0 Å². The van der Waals surface area contributed by atoms with Crippen LogP contribution in [0.3, 0.4) is 0 Å². The second-order valence-electron chi connectivity index (χ2n) is 12.3. The molecular formula is C30H37NO4S. The molecule has 5 nitrogen and oxygen atoms in total. The van der Waals surface area contributed by atoms with Crippen LogP contribution in [0.1, 0.15) is 70.8 Å². The summed E-state index contributed by atoms with van der Waals surface area (Å²) in [4.78, 5) is 3.94.